The van der Waals surface area contributed by atoms with Crippen LogP contribution in [0.15, 0.2) is 30.5 Å². The predicted molar refractivity (Wildman–Crippen MR) is 97.0 cm³/mol. The summed E-state index contributed by atoms with van der Waals surface area (Å²) in [5, 5.41) is 0.523. The molecule has 2 aromatic rings. The number of H-pyrrole nitrogens is 1. The first-order valence-corrected chi connectivity index (χ1v) is 8.84. The molecule has 0 bridgehead atoms. The summed E-state index contributed by atoms with van der Waals surface area (Å²) >= 11 is 11.8. The number of likely N-dealkylation sites (tertiary alicyclic amines) is 1. The van der Waals surface area contributed by atoms with Crippen molar-refractivity contribution in [3.63, 3.8) is 0 Å². The van der Waals surface area contributed by atoms with E-state index in [9.17, 15) is 14.4 Å². The van der Waals surface area contributed by atoms with Crippen molar-refractivity contribution in [2.75, 3.05) is 19.7 Å². The molecule has 1 aromatic heterocycles. The Morgan fingerprint density at radius 3 is 2.58 bits per heavy atom. The average molecular weight is 395 g/mol. The van der Waals surface area contributed by atoms with Crippen LogP contribution in [0.4, 0.5) is 0 Å². The molecule has 0 spiro atoms. The van der Waals surface area contributed by atoms with E-state index < -0.39 is 18.4 Å². The molecule has 0 radical (unpaired) electrons. The fraction of sp³-hybridized carbons (Fsp3) is 0.278. The van der Waals surface area contributed by atoms with Gasteiger partial charge in [0.15, 0.2) is 6.61 Å². The summed E-state index contributed by atoms with van der Waals surface area (Å²) in [6, 6.07) is 5.87. The lowest BCUT2D eigenvalue weighted by Crippen LogP contribution is -2.27. The number of halogens is 2. The lowest BCUT2D eigenvalue weighted by molar-refractivity contribution is 0.0475. The molecule has 1 amide bonds. The summed E-state index contributed by atoms with van der Waals surface area (Å²) in [5.41, 5.74) is 0.711. The minimum absolute atomic E-state index is 0.0888. The summed E-state index contributed by atoms with van der Waals surface area (Å²) in [4.78, 5) is 41.1. The number of benzene rings is 1. The van der Waals surface area contributed by atoms with Crippen LogP contribution in [0.5, 0.6) is 0 Å². The number of carbonyl (C=O) groups is 3. The Kier molecular flexibility index (Phi) is 5.64. The molecule has 2 heterocycles. The SMILES string of the molecule is O=C(COC(=O)c1cc(Cl)ccc1Cl)c1c[nH]c(C(=O)N2CCCC2)c1. The van der Waals surface area contributed by atoms with E-state index in [1.807, 2.05) is 0 Å². The molecule has 26 heavy (non-hydrogen) atoms. The molecule has 1 aliphatic heterocycles. The van der Waals surface area contributed by atoms with Crippen LogP contribution >= 0.6 is 23.2 Å². The lowest BCUT2D eigenvalue weighted by atomic mass is 10.2. The van der Waals surface area contributed by atoms with Crippen molar-refractivity contribution in [1.29, 1.82) is 0 Å². The Balaban J connectivity index is 1.61. The van der Waals surface area contributed by atoms with Crippen LogP contribution in [0.1, 0.15) is 44.0 Å². The second-order valence-corrected chi connectivity index (χ2v) is 6.77. The van der Waals surface area contributed by atoms with Gasteiger partial charge < -0.3 is 14.6 Å². The summed E-state index contributed by atoms with van der Waals surface area (Å²) in [7, 11) is 0. The predicted octanol–water partition coefficient (Wildman–Crippen LogP) is 3.60. The molecule has 1 N–H and O–H groups in total. The van der Waals surface area contributed by atoms with Crippen molar-refractivity contribution < 1.29 is 19.1 Å². The molecule has 0 atom stereocenters. The molecule has 6 nitrogen and oxygen atoms in total. The molecule has 3 rings (SSSR count). The van der Waals surface area contributed by atoms with Gasteiger partial charge in [0.2, 0.25) is 5.78 Å². The number of esters is 1. The summed E-state index contributed by atoms with van der Waals surface area (Å²) < 4.78 is 5.01. The van der Waals surface area contributed by atoms with Crippen LogP contribution in [-0.4, -0.2) is 47.2 Å². The first-order valence-electron chi connectivity index (χ1n) is 8.09. The second-order valence-electron chi connectivity index (χ2n) is 5.92. The third-order valence-electron chi connectivity index (χ3n) is 4.11. The molecule has 0 aliphatic carbocycles. The number of rotatable bonds is 5. The van der Waals surface area contributed by atoms with E-state index in [1.165, 1.54) is 24.4 Å². The molecule has 8 heteroatoms. The second kappa shape index (κ2) is 7.93. The third-order valence-corrected chi connectivity index (χ3v) is 4.68. The zero-order valence-corrected chi connectivity index (χ0v) is 15.3. The van der Waals surface area contributed by atoms with Gasteiger partial charge in [-0.2, -0.15) is 0 Å². The van der Waals surface area contributed by atoms with Gasteiger partial charge in [-0.3, -0.25) is 9.59 Å². The van der Waals surface area contributed by atoms with Gasteiger partial charge in [-0.05, 0) is 37.1 Å². The fourth-order valence-corrected chi connectivity index (χ4v) is 3.08. The van der Waals surface area contributed by atoms with Crippen LogP contribution in [0, 0.1) is 0 Å². The van der Waals surface area contributed by atoms with Crippen molar-refractivity contribution in [3.05, 3.63) is 57.3 Å². The van der Waals surface area contributed by atoms with Gasteiger partial charge in [0.1, 0.15) is 5.69 Å². The van der Waals surface area contributed by atoms with Gasteiger partial charge in [0.25, 0.3) is 5.91 Å². The highest BCUT2D eigenvalue weighted by Crippen LogP contribution is 2.21. The largest absolute Gasteiger partial charge is 0.454 e. The highest BCUT2D eigenvalue weighted by atomic mass is 35.5. The minimum atomic E-state index is -0.741. The number of hydrogen-bond donors (Lipinski definition) is 1. The van der Waals surface area contributed by atoms with E-state index in [4.69, 9.17) is 27.9 Å². The van der Waals surface area contributed by atoms with Gasteiger partial charge >= 0.3 is 5.97 Å². The molecular weight excluding hydrogens is 379 g/mol. The molecule has 1 aromatic carbocycles. The molecule has 136 valence electrons. The highest BCUT2D eigenvalue weighted by Gasteiger charge is 2.22. The Morgan fingerprint density at radius 1 is 1.12 bits per heavy atom. The Hall–Kier alpha value is -2.31. The maximum absolute atomic E-state index is 12.3. The third kappa shape index (κ3) is 4.08. The molecule has 0 unspecified atom stereocenters. The first kappa shape index (κ1) is 18.5. The van der Waals surface area contributed by atoms with E-state index in [-0.39, 0.29) is 22.1 Å². The zero-order chi connectivity index (χ0) is 18.7. The number of ether oxygens (including phenoxy) is 1. The van der Waals surface area contributed by atoms with Gasteiger partial charge in [0, 0.05) is 29.9 Å². The normalized spacial score (nSPS) is 13.7. The summed E-state index contributed by atoms with van der Waals surface area (Å²) in [6.45, 7) is 0.981. The number of ketones is 1. The maximum atomic E-state index is 12.3. The number of nitrogens with zero attached hydrogens (tertiary/aromatic N) is 1. The van der Waals surface area contributed by atoms with Crippen molar-refractivity contribution in [1.82, 2.24) is 9.88 Å². The number of Topliss-reactive ketones (excluding diaryl/α,β-unsaturated/α-hetero) is 1. The van der Waals surface area contributed by atoms with Crippen LogP contribution in [-0.2, 0) is 4.74 Å². The van der Waals surface area contributed by atoms with Crippen molar-refractivity contribution in [2.24, 2.45) is 0 Å². The topological polar surface area (TPSA) is 79.5 Å². The van der Waals surface area contributed by atoms with E-state index in [0.717, 1.165) is 25.9 Å². The molecule has 0 saturated carbocycles. The quantitative estimate of drug-likeness (QED) is 0.620. The van der Waals surface area contributed by atoms with Crippen LogP contribution < -0.4 is 0 Å². The Bertz CT molecular complexity index is 857. The first-order chi connectivity index (χ1) is 12.5. The number of amides is 1. The van der Waals surface area contributed by atoms with E-state index in [1.54, 1.807) is 11.0 Å². The smallest absolute Gasteiger partial charge is 0.340 e. The monoisotopic (exact) mass is 394 g/mol. The zero-order valence-electron chi connectivity index (χ0n) is 13.8. The highest BCUT2D eigenvalue weighted by molar-refractivity contribution is 6.35. The summed E-state index contributed by atoms with van der Waals surface area (Å²) in [5.74, 6) is -1.30. The van der Waals surface area contributed by atoms with Gasteiger partial charge in [-0.25, -0.2) is 4.79 Å². The molecule has 1 fully saturated rings. The van der Waals surface area contributed by atoms with Crippen molar-refractivity contribution in [3.8, 4) is 0 Å². The number of aromatic nitrogens is 1. The fourth-order valence-electron chi connectivity index (χ4n) is 2.72. The average Bonchev–Trinajstić information content (AvgIpc) is 3.32. The Labute approximate surface area is 160 Å². The lowest BCUT2D eigenvalue weighted by Gasteiger charge is -2.13. The van der Waals surface area contributed by atoms with Gasteiger partial charge in [0.05, 0.1) is 10.6 Å². The standard InChI is InChI=1S/C18H16Cl2N2O4/c19-12-3-4-14(20)13(8-12)18(25)26-10-16(23)11-7-15(21-9-11)17(24)22-5-1-2-6-22/h3-4,7-9,21H,1-2,5-6,10H2. The van der Waals surface area contributed by atoms with Crippen LogP contribution in [0.25, 0.3) is 0 Å². The van der Waals surface area contributed by atoms with Gasteiger partial charge in [-0.1, -0.05) is 23.2 Å². The van der Waals surface area contributed by atoms with E-state index >= 15 is 0 Å². The van der Waals surface area contributed by atoms with Crippen LogP contribution in [0.3, 0.4) is 0 Å². The van der Waals surface area contributed by atoms with E-state index in [0.29, 0.717) is 10.7 Å². The number of aromatic amines is 1. The number of carbonyl (C=O) groups excluding carboxylic acids is 3. The molecule has 1 aliphatic rings. The summed E-state index contributed by atoms with van der Waals surface area (Å²) in [6.07, 6.45) is 3.41. The molecule has 1 saturated heterocycles. The minimum Gasteiger partial charge on any atom is -0.454 e. The van der Waals surface area contributed by atoms with Crippen LogP contribution in [0.2, 0.25) is 10.0 Å². The Morgan fingerprint density at radius 2 is 1.85 bits per heavy atom. The van der Waals surface area contributed by atoms with Crippen molar-refractivity contribution in [2.45, 2.75) is 12.8 Å². The van der Waals surface area contributed by atoms with Crippen molar-refractivity contribution >= 4 is 40.9 Å². The molecular formula is C18H16Cl2N2O4. The number of hydrogen-bond acceptors (Lipinski definition) is 4. The maximum Gasteiger partial charge on any atom is 0.340 e. The number of nitrogens with one attached hydrogen (secondary N) is 1. The van der Waals surface area contributed by atoms with E-state index in [2.05, 4.69) is 4.98 Å². The van der Waals surface area contributed by atoms with Gasteiger partial charge in [-0.15, -0.1) is 0 Å².